The molecule has 2 aromatic carbocycles. The average molecular weight is 386 g/mol. The number of nitrogens with one attached hydrogen (secondary N) is 2. The van der Waals surface area contributed by atoms with Crippen molar-refractivity contribution in [3.8, 4) is 0 Å². The zero-order valence-electron chi connectivity index (χ0n) is 15.6. The fourth-order valence-electron chi connectivity index (χ4n) is 2.78. The number of alkyl halides is 3. The summed E-state index contributed by atoms with van der Waals surface area (Å²) in [6.07, 6.45) is -1.75. The number of nitrogens with zero attached hydrogens (tertiary/aromatic N) is 2. The van der Waals surface area contributed by atoms with E-state index in [0.717, 1.165) is 24.6 Å². The van der Waals surface area contributed by atoms with Gasteiger partial charge in [-0.05, 0) is 48.7 Å². The summed E-state index contributed by atoms with van der Waals surface area (Å²) in [6, 6.07) is 14.7. The number of rotatable bonds is 6. The molecule has 0 bridgehead atoms. The van der Waals surface area contributed by atoms with Crippen LogP contribution in [0.3, 0.4) is 0 Å². The van der Waals surface area contributed by atoms with Gasteiger partial charge in [-0.15, -0.1) is 0 Å². The molecule has 0 aliphatic heterocycles. The molecule has 0 saturated heterocycles. The number of aromatic nitrogens is 2. The lowest BCUT2D eigenvalue weighted by Crippen LogP contribution is -2.12. The maximum Gasteiger partial charge on any atom is 0.421 e. The monoisotopic (exact) mass is 386 g/mol. The minimum atomic E-state index is -4.56. The molecular weight excluding hydrogens is 365 g/mol. The Morgan fingerprint density at radius 2 is 1.71 bits per heavy atom. The van der Waals surface area contributed by atoms with Gasteiger partial charge < -0.3 is 10.6 Å². The highest BCUT2D eigenvalue weighted by Crippen LogP contribution is 2.35. The van der Waals surface area contributed by atoms with Crippen LogP contribution in [0, 0.1) is 6.92 Å². The number of halogens is 3. The van der Waals surface area contributed by atoms with E-state index < -0.39 is 11.7 Å². The van der Waals surface area contributed by atoms with Gasteiger partial charge in [0.05, 0.1) is 0 Å². The Morgan fingerprint density at radius 1 is 0.964 bits per heavy atom. The zero-order chi connectivity index (χ0) is 20.1. The number of hydrogen-bond donors (Lipinski definition) is 2. The quantitative estimate of drug-likeness (QED) is 0.526. The molecule has 3 rings (SSSR count). The SMILES string of the molecule is CCCc1ccc(Nc2ncc(C(F)(F)F)c(Nc3cccc(C)c3)n2)cc1. The second-order valence-electron chi connectivity index (χ2n) is 6.52. The van der Waals surface area contributed by atoms with Gasteiger partial charge in [0.1, 0.15) is 11.4 Å². The van der Waals surface area contributed by atoms with E-state index in [9.17, 15) is 13.2 Å². The van der Waals surface area contributed by atoms with Gasteiger partial charge in [-0.2, -0.15) is 18.2 Å². The van der Waals surface area contributed by atoms with Crippen molar-refractivity contribution in [3.63, 3.8) is 0 Å². The summed E-state index contributed by atoms with van der Waals surface area (Å²) >= 11 is 0. The third-order valence-corrected chi connectivity index (χ3v) is 4.12. The molecule has 3 aromatic rings. The molecule has 1 heterocycles. The van der Waals surface area contributed by atoms with E-state index in [-0.39, 0.29) is 11.8 Å². The molecule has 0 aliphatic rings. The van der Waals surface area contributed by atoms with Crippen molar-refractivity contribution >= 4 is 23.1 Å². The van der Waals surface area contributed by atoms with Crippen molar-refractivity contribution in [2.24, 2.45) is 0 Å². The third-order valence-electron chi connectivity index (χ3n) is 4.12. The minimum absolute atomic E-state index is 0.0893. The van der Waals surface area contributed by atoms with E-state index in [1.807, 2.05) is 37.3 Å². The first kappa shape index (κ1) is 19.7. The van der Waals surface area contributed by atoms with E-state index in [4.69, 9.17) is 0 Å². The summed E-state index contributed by atoms with van der Waals surface area (Å²) in [5.41, 5.74) is 2.44. The Bertz CT molecular complexity index is 937. The standard InChI is InChI=1S/C21H21F3N4/c1-3-5-15-8-10-16(11-9-15)27-20-25-13-18(21(22,23)24)19(28-20)26-17-7-4-6-14(2)12-17/h4,6-13H,3,5H2,1-2H3,(H2,25,26,27,28). The van der Waals surface area contributed by atoms with Crippen molar-refractivity contribution in [3.05, 3.63) is 71.4 Å². The summed E-state index contributed by atoms with van der Waals surface area (Å²) in [5, 5.41) is 5.72. The summed E-state index contributed by atoms with van der Waals surface area (Å²) in [7, 11) is 0. The maximum absolute atomic E-state index is 13.4. The number of benzene rings is 2. The Kier molecular flexibility index (Phi) is 5.82. The van der Waals surface area contributed by atoms with Gasteiger partial charge in [0.15, 0.2) is 0 Å². The fraction of sp³-hybridized carbons (Fsp3) is 0.238. The molecule has 2 N–H and O–H groups in total. The number of hydrogen-bond acceptors (Lipinski definition) is 4. The van der Waals surface area contributed by atoms with Gasteiger partial charge in [0.2, 0.25) is 5.95 Å². The van der Waals surface area contributed by atoms with Crippen LogP contribution in [0.25, 0.3) is 0 Å². The molecule has 4 nitrogen and oxygen atoms in total. The highest BCUT2D eigenvalue weighted by molar-refractivity contribution is 5.63. The molecule has 0 unspecified atom stereocenters. The fourth-order valence-corrected chi connectivity index (χ4v) is 2.78. The third kappa shape index (κ3) is 5.00. The zero-order valence-corrected chi connectivity index (χ0v) is 15.6. The van der Waals surface area contributed by atoms with E-state index >= 15 is 0 Å². The van der Waals surface area contributed by atoms with E-state index in [2.05, 4.69) is 27.5 Å². The lowest BCUT2D eigenvalue weighted by atomic mass is 10.1. The van der Waals surface area contributed by atoms with Crippen LogP contribution in [0.4, 0.5) is 36.3 Å². The molecule has 0 radical (unpaired) electrons. The van der Waals surface area contributed by atoms with Gasteiger partial charge in [-0.3, -0.25) is 0 Å². The predicted molar refractivity (Wildman–Crippen MR) is 105 cm³/mol. The molecule has 0 atom stereocenters. The highest BCUT2D eigenvalue weighted by Gasteiger charge is 2.35. The summed E-state index contributed by atoms with van der Waals surface area (Å²) in [4.78, 5) is 7.90. The normalized spacial score (nSPS) is 11.3. The van der Waals surface area contributed by atoms with E-state index in [0.29, 0.717) is 11.4 Å². The van der Waals surface area contributed by atoms with Crippen LogP contribution in [0.2, 0.25) is 0 Å². The predicted octanol–water partition coefficient (Wildman–Crippen LogP) is 6.24. The molecule has 0 amide bonds. The van der Waals surface area contributed by atoms with Gasteiger partial charge in [0.25, 0.3) is 0 Å². The van der Waals surface area contributed by atoms with E-state index in [1.165, 1.54) is 5.56 Å². The first-order chi connectivity index (χ1) is 13.3. The Labute approximate surface area is 161 Å². The van der Waals surface area contributed by atoms with Crippen molar-refractivity contribution < 1.29 is 13.2 Å². The van der Waals surface area contributed by atoms with Crippen LogP contribution < -0.4 is 10.6 Å². The molecule has 0 aliphatic carbocycles. The van der Waals surface area contributed by atoms with Crippen LogP contribution >= 0.6 is 0 Å². The lowest BCUT2D eigenvalue weighted by Gasteiger charge is -2.15. The average Bonchev–Trinajstić information content (AvgIpc) is 2.63. The molecule has 146 valence electrons. The van der Waals surface area contributed by atoms with E-state index in [1.54, 1.807) is 18.2 Å². The first-order valence-corrected chi connectivity index (χ1v) is 8.99. The molecule has 28 heavy (non-hydrogen) atoms. The molecule has 0 saturated carbocycles. The van der Waals surface area contributed by atoms with Gasteiger partial charge in [-0.25, -0.2) is 4.98 Å². The number of anilines is 4. The van der Waals surface area contributed by atoms with Crippen LogP contribution in [0.15, 0.2) is 54.7 Å². The van der Waals surface area contributed by atoms with Crippen molar-refractivity contribution in [1.82, 2.24) is 9.97 Å². The van der Waals surface area contributed by atoms with Gasteiger partial charge >= 0.3 is 6.18 Å². The lowest BCUT2D eigenvalue weighted by molar-refractivity contribution is -0.137. The second kappa shape index (κ2) is 8.29. The minimum Gasteiger partial charge on any atom is -0.340 e. The second-order valence-corrected chi connectivity index (χ2v) is 6.52. The molecular formula is C21H21F3N4. The van der Waals surface area contributed by atoms with Crippen molar-refractivity contribution in [2.45, 2.75) is 32.9 Å². The summed E-state index contributed by atoms with van der Waals surface area (Å²) in [5.74, 6) is -0.204. The number of aryl methyl sites for hydroxylation is 2. The first-order valence-electron chi connectivity index (χ1n) is 8.99. The van der Waals surface area contributed by atoms with Gasteiger partial charge in [0, 0.05) is 17.6 Å². The van der Waals surface area contributed by atoms with Crippen molar-refractivity contribution in [1.29, 1.82) is 0 Å². The summed E-state index contributed by atoms with van der Waals surface area (Å²) < 4.78 is 40.1. The Hall–Kier alpha value is -3.09. The molecule has 0 spiro atoms. The maximum atomic E-state index is 13.4. The summed E-state index contributed by atoms with van der Waals surface area (Å²) in [6.45, 7) is 3.97. The van der Waals surface area contributed by atoms with Crippen LogP contribution in [-0.4, -0.2) is 9.97 Å². The van der Waals surface area contributed by atoms with Gasteiger partial charge in [-0.1, -0.05) is 37.6 Å². The van der Waals surface area contributed by atoms with Crippen LogP contribution in [0.1, 0.15) is 30.0 Å². The van der Waals surface area contributed by atoms with Crippen LogP contribution in [0.5, 0.6) is 0 Å². The van der Waals surface area contributed by atoms with Crippen LogP contribution in [-0.2, 0) is 12.6 Å². The smallest absolute Gasteiger partial charge is 0.340 e. The topological polar surface area (TPSA) is 49.8 Å². The van der Waals surface area contributed by atoms with Crippen molar-refractivity contribution in [2.75, 3.05) is 10.6 Å². The Balaban J connectivity index is 1.88. The highest BCUT2D eigenvalue weighted by atomic mass is 19.4. The largest absolute Gasteiger partial charge is 0.421 e. The molecule has 7 heteroatoms. The molecule has 1 aromatic heterocycles. The molecule has 0 fully saturated rings. The Morgan fingerprint density at radius 3 is 2.36 bits per heavy atom.